The average molecular weight is 391 g/mol. The summed E-state index contributed by atoms with van der Waals surface area (Å²) >= 11 is 0. The molecule has 1 aliphatic rings. The lowest BCUT2D eigenvalue weighted by atomic mass is 10.00. The van der Waals surface area contributed by atoms with Gasteiger partial charge in [0.2, 0.25) is 0 Å². The molecule has 1 aliphatic heterocycles. The summed E-state index contributed by atoms with van der Waals surface area (Å²) in [6.07, 6.45) is 4.27. The SMILES string of the molecule is COc1ccc(C2CCCCCN2C(=O)c2ccc(-n3nnnc3C)cc2)cc1. The lowest BCUT2D eigenvalue weighted by Crippen LogP contribution is -2.34. The maximum atomic E-state index is 13.4. The molecule has 150 valence electrons. The first-order valence-electron chi connectivity index (χ1n) is 9.98. The third kappa shape index (κ3) is 3.99. The molecule has 0 bridgehead atoms. The number of benzene rings is 2. The summed E-state index contributed by atoms with van der Waals surface area (Å²) in [7, 11) is 1.66. The molecular formula is C22H25N5O2. The van der Waals surface area contributed by atoms with Crippen LogP contribution in [0, 0.1) is 6.92 Å². The van der Waals surface area contributed by atoms with Gasteiger partial charge in [-0.25, -0.2) is 0 Å². The molecule has 3 aromatic rings. The number of hydrogen-bond acceptors (Lipinski definition) is 5. The molecule has 1 saturated heterocycles. The molecule has 1 aromatic heterocycles. The fourth-order valence-electron chi connectivity index (χ4n) is 3.91. The fourth-order valence-corrected chi connectivity index (χ4v) is 3.91. The first kappa shape index (κ1) is 19.1. The molecule has 0 spiro atoms. The minimum atomic E-state index is 0.0627. The second-order valence-corrected chi connectivity index (χ2v) is 7.32. The molecule has 1 fully saturated rings. The van der Waals surface area contributed by atoms with E-state index in [9.17, 15) is 4.79 Å². The summed E-state index contributed by atoms with van der Waals surface area (Å²) in [6.45, 7) is 2.61. The summed E-state index contributed by atoms with van der Waals surface area (Å²) in [5.74, 6) is 1.60. The predicted octanol–water partition coefficient (Wildman–Crippen LogP) is 3.74. The zero-order valence-electron chi connectivity index (χ0n) is 16.8. The number of aryl methyl sites for hydroxylation is 1. The van der Waals surface area contributed by atoms with Crippen LogP contribution in [0.2, 0.25) is 0 Å². The highest BCUT2D eigenvalue weighted by atomic mass is 16.5. The van der Waals surface area contributed by atoms with E-state index in [2.05, 4.69) is 27.7 Å². The standard InChI is InChI=1S/C22H25N5O2/c1-16-23-24-25-27(16)19-11-7-18(8-12-19)22(28)26-15-5-3-4-6-21(26)17-9-13-20(29-2)14-10-17/h7-14,21H,3-6,15H2,1-2H3. The van der Waals surface area contributed by atoms with Crippen molar-refractivity contribution >= 4 is 5.91 Å². The number of tetrazole rings is 1. The quantitative estimate of drug-likeness (QED) is 0.677. The monoisotopic (exact) mass is 391 g/mol. The normalized spacial score (nSPS) is 17.0. The van der Waals surface area contributed by atoms with E-state index in [0.29, 0.717) is 11.4 Å². The van der Waals surface area contributed by atoms with Gasteiger partial charge in [0, 0.05) is 12.1 Å². The number of nitrogens with zero attached hydrogens (tertiary/aromatic N) is 5. The molecule has 1 atom stereocenters. The molecule has 0 N–H and O–H groups in total. The van der Waals surface area contributed by atoms with Crippen LogP contribution < -0.4 is 4.74 Å². The van der Waals surface area contributed by atoms with Crippen molar-refractivity contribution in [3.63, 3.8) is 0 Å². The van der Waals surface area contributed by atoms with Gasteiger partial charge in [-0.05, 0) is 72.2 Å². The number of likely N-dealkylation sites (tertiary alicyclic amines) is 1. The maximum Gasteiger partial charge on any atom is 0.254 e. The van der Waals surface area contributed by atoms with Crippen LogP contribution in [0.3, 0.4) is 0 Å². The first-order chi connectivity index (χ1) is 14.2. The Labute approximate surface area is 170 Å². The van der Waals surface area contributed by atoms with Crippen LogP contribution in [0.5, 0.6) is 5.75 Å². The molecule has 7 heteroatoms. The maximum absolute atomic E-state index is 13.4. The summed E-state index contributed by atoms with van der Waals surface area (Å²) in [4.78, 5) is 15.4. The molecule has 2 heterocycles. The number of carbonyl (C=O) groups is 1. The molecule has 0 aliphatic carbocycles. The smallest absolute Gasteiger partial charge is 0.254 e. The van der Waals surface area contributed by atoms with Gasteiger partial charge in [-0.3, -0.25) is 4.79 Å². The highest BCUT2D eigenvalue weighted by Crippen LogP contribution is 2.32. The second kappa shape index (κ2) is 8.43. The van der Waals surface area contributed by atoms with Gasteiger partial charge in [-0.15, -0.1) is 5.10 Å². The van der Waals surface area contributed by atoms with Crippen LogP contribution in [-0.4, -0.2) is 44.7 Å². The van der Waals surface area contributed by atoms with Crippen LogP contribution in [0.15, 0.2) is 48.5 Å². The Morgan fingerprint density at radius 2 is 1.79 bits per heavy atom. The molecule has 0 radical (unpaired) electrons. The molecule has 7 nitrogen and oxygen atoms in total. The van der Waals surface area contributed by atoms with E-state index in [1.165, 1.54) is 0 Å². The van der Waals surface area contributed by atoms with E-state index in [1.54, 1.807) is 11.8 Å². The van der Waals surface area contributed by atoms with Gasteiger partial charge in [0.1, 0.15) is 5.75 Å². The number of aromatic nitrogens is 4. The highest BCUT2D eigenvalue weighted by Gasteiger charge is 2.27. The zero-order valence-corrected chi connectivity index (χ0v) is 16.8. The third-order valence-electron chi connectivity index (χ3n) is 5.50. The number of carbonyl (C=O) groups excluding carboxylic acids is 1. The van der Waals surface area contributed by atoms with Crippen molar-refractivity contribution in [2.45, 2.75) is 38.6 Å². The molecule has 4 rings (SSSR count). The average Bonchev–Trinajstić information content (AvgIpc) is 3.05. The summed E-state index contributed by atoms with van der Waals surface area (Å²) < 4.78 is 6.93. The minimum absolute atomic E-state index is 0.0627. The van der Waals surface area contributed by atoms with Crippen molar-refractivity contribution in [1.29, 1.82) is 0 Å². The van der Waals surface area contributed by atoms with Gasteiger partial charge < -0.3 is 9.64 Å². The Bertz CT molecular complexity index is 966. The van der Waals surface area contributed by atoms with E-state index < -0.39 is 0 Å². The number of hydrogen-bond donors (Lipinski definition) is 0. The molecule has 2 aromatic carbocycles. The Morgan fingerprint density at radius 3 is 2.45 bits per heavy atom. The fraction of sp³-hybridized carbons (Fsp3) is 0.364. The summed E-state index contributed by atoms with van der Waals surface area (Å²) in [6, 6.07) is 15.6. The van der Waals surface area contributed by atoms with Crippen LogP contribution in [0.4, 0.5) is 0 Å². The predicted molar refractivity (Wildman–Crippen MR) is 109 cm³/mol. The zero-order chi connectivity index (χ0) is 20.2. The number of methoxy groups -OCH3 is 1. The van der Waals surface area contributed by atoms with Gasteiger partial charge in [-0.1, -0.05) is 25.0 Å². The lowest BCUT2D eigenvalue weighted by Gasteiger charge is -2.31. The molecular weight excluding hydrogens is 366 g/mol. The van der Waals surface area contributed by atoms with E-state index in [-0.39, 0.29) is 11.9 Å². The van der Waals surface area contributed by atoms with Gasteiger partial charge in [-0.2, -0.15) is 4.68 Å². The van der Waals surface area contributed by atoms with Gasteiger partial charge >= 0.3 is 0 Å². The van der Waals surface area contributed by atoms with Crippen LogP contribution in [0.25, 0.3) is 5.69 Å². The van der Waals surface area contributed by atoms with Gasteiger partial charge in [0.05, 0.1) is 18.8 Å². The number of ether oxygens (including phenoxy) is 1. The first-order valence-corrected chi connectivity index (χ1v) is 9.98. The summed E-state index contributed by atoms with van der Waals surface area (Å²) in [5, 5.41) is 11.6. The van der Waals surface area contributed by atoms with Crippen molar-refractivity contribution < 1.29 is 9.53 Å². The molecule has 1 unspecified atom stereocenters. The summed E-state index contributed by atoms with van der Waals surface area (Å²) in [5.41, 5.74) is 2.67. The number of rotatable bonds is 4. The van der Waals surface area contributed by atoms with Crippen molar-refractivity contribution in [3.8, 4) is 11.4 Å². The minimum Gasteiger partial charge on any atom is -0.497 e. The Morgan fingerprint density at radius 1 is 1.03 bits per heavy atom. The lowest BCUT2D eigenvalue weighted by molar-refractivity contribution is 0.0681. The van der Waals surface area contributed by atoms with Crippen molar-refractivity contribution in [1.82, 2.24) is 25.1 Å². The van der Waals surface area contributed by atoms with E-state index in [0.717, 1.165) is 49.2 Å². The van der Waals surface area contributed by atoms with Crippen molar-refractivity contribution in [2.75, 3.05) is 13.7 Å². The Balaban J connectivity index is 1.59. The third-order valence-corrected chi connectivity index (χ3v) is 5.50. The molecule has 29 heavy (non-hydrogen) atoms. The van der Waals surface area contributed by atoms with Crippen LogP contribution in [-0.2, 0) is 0 Å². The molecule has 0 saturated carbocycles. The van der Waals surface area contributed by atoms with Gasteiger partial charge in [0.25, 0.3) is 5.91 Å². The van der Waals surface area contributed by atoms with E-state index >= 15 is 0 Å². The molecule has 1 amide bonds. The van der Waals surface area contributed by atoms with Crippen molar-refractivity contribution in [3.05, 3.63) is 65.5 Å². The van der Waals surface area contributed by atoms with E-state index in [1.807, 2.05) is 48.2 Å². The van der Waals surface area contributed by atoms with Crippen molar-refractivity contribution in [2.24, 2.45) is 0 Å². The Kier molecular flexibility index (Phi) is 5.55. The van der Waals surface area contributed by atoms with E-state index in [4.69, 9.17) is 4.74 Å². The van der Waals surface area contributed by atoms with Crippen LogP contribution in [0.1, 0.15) is 53.5 Å². The highest BCUT2D eigenvalue weighted by molar-refractivity contribution is 5.94. The van der Waals surface area contributed by atoms with Crippen LogP contribution >= 0.6 is 0 Å². The number of amides is 1. The largest absolute Gasteiger partial charge is 0.497 e. The topological polar surface area (TPSA) is 73.1 Å². The van der Waals surface area contributed by atoms with Gasteiger partial charge in [0.15, 0.2) is 5.82 Å². The Hall–Kier alpha value is -3.22. The second-order valence-electron chi connectivity index (χ2n) is 7.32.